The first-order chi connectivity index (χ1) is 16.1. The largest absolute Gasteiger partial charge is 0.497 e. The number of carbonyl (C=O) groups is 2. The Kier molecular flexibility index (Phi) is 5.10. The first-order valence-corrected chi connectivity index (χ1v) is 10.4. The van der Waals surface area contributed by atoms with Crippen LogP contribution in [0, 0.1) is 5.92 Å². The van der Waals surface area contributed by atoms with Gasteiger partial charge in [0.15, 0.2) is 11.6 Å². The summed E-state index contributed by atoms with van der Waals surface area (Å²) in [4.78, 5) is 28.0. The van der Waals surface area contributed by atoms with E-state index in [-0.39, 0.29) is 18.1 Å². The van der Waals surface area contributed by atoms with E-state index in [0.29, 0.717) is 28.4 Å². The van der Waals surface area contributed by atoms with Gasteiger partial charge in [0.25, 0.3) is 0 Å². The number of amides is 2. The minimum Gasteiger partial charge on any atom is -0.497 e. The van der Waals surface area contributed by atoms with E-state index in [9.17, 15) is 9.59 Å². The van der Waals surface area contributed by atoms with Gasteiger partial charge in [0, 0.05) is 12.2 Å². The number of benzene rings is 2. The van der Waals surface area contributed by atoms with Crippen molar-refractivity contribution in [3.8, 4) is 5.75 Å². The smallest absolute Gasteiger partial charge is 0.328 e. The van der Waals surface area contributed by atoms with Gasteiger partial charge in [-0.05, 0) is 47.5 Å². The quantitative estimate of drug-likeness (QED) is 0.679. The summed E-state index contributed by atoms with van der Waals surface area (Å²) in [6.45, 7) is 0.279. The van der Waals surface area contributed by atoms with Crippen molar-refractivity contribution in [1.29, 1.82) is 0 Å². The zero-order valence-electron chi connectivity index (χ0n) is 17.9. The van der Waals surface area contributed by atoms with Gasteiger partial charge in [-0.1, -0.05) is 36.4 Å². The highest BCUT2D eigenvalue weighted by Crippen LogP contribution is 2.44. The van der Waals surface area contributed by atoms with Gasteiger partial charge in [-0.25, -0.2) is 9.69 Å². The number of allylic oxidation sites excluding steroid dienone is 6. The highest BCUT2D eigenvalue weighted by atomic mass is 16.5. The van der Waals surface area contributed by atoms with E-state index in [1.807, 2.05) is 36.4 Å². The average Bonchev–Trinajstić information content (AvgIpc) is 3.39. The van der Waals surface area contributed by atoms with Crippen LogP contribution in [0.1, 0.15) is 5.56 Å². The van der Waals surface area contributed by atoms with Crippen molar-refractivity contribution >= 4 is 23.2 Å². The van der Waals surface area contributed by atoms with E-state index < -0.39 is 11.9 Å². The van der Waals surface area contributed by atoms with Gasteiger partial charge in [0.05, 0.1) is 24.3 Å². The van der Waals surface area contributed by atoms with Crippen LogP contribution in [0.2, 0.25) is 0 Å². The molecule has 2 aliphatic carbocycles. The molecule has 1 aliphatic heterocycles. The van der Waals surface area contributed by atoms with Gasteiger partial charge < -0.3 is 15.8 Å². The molecule has 8 heteroatoms. The molecule has 0 aromatic heterocycles. The molecule has 164 valence electrons. The minimum atomic E-state index is -0.432. The second kappa shape index (κ2) is 8.23. The van der Waals surface area contributed by atoms with E-state index in [1.54, 1.807) is 43.5 Å². The van der Waals surface area contributed by atoms with E-state index in [1.165, 1.54) is 4.90 Å². The first-order valence-electron chi connectivity index (χ1n) is 10.4. The number of hydrogen-bond donors (Lipinski definition) is 2. The number of nitrogens with one attached hydrogen (secondary N) is 1. The van der Waals surface area contributed by atoms with Gasteiger partial charge >= 0.3 is 6.03 Å². The number of nitrogens with zero attached hydrogens (tertiary/aromatic N) is 3. The van der Waals surface area contributed by atoms with Crippen molar-refractivity contribution in [2.45, 2.75) is 6.54 Å². The Hall–Kier alpha value is -4.46. The fourth-order valence-electron chi connectivity index (χ4n) is 4.00. The van der Waals surface area contributed by atoms with Crippen molar-refractivity contribution < 1.29 is 14.3 Å². The average molecular weight is 439 g/mol. The zero-order chi connectivity index (χ0) is 22.9. The second-order valence-electron chi connectivity index (χ2n) is 7.72. The number of urea groups is 1. The highest BCUT2D eigenvalue weighted by Gasteiger charge is 2.43. The van der Waals surface area contributed by atoms with Gasteiger partial charge in [-0.15, -0.1) is 10.2 Å². The number of fused-ring (bicyclic) bond motifs is 2. The number of ether oxygens (including phenoxy) is 1. The molecule has 1 heterocycles. The second-order valence-corrected chi connectivity index (χ2v) is 7.72. The van der Waals surface area contributed by atoms with Crippen LogP contribution in [0.25, 0.3) is 0 Å². The number of nitrogen functional groups attached to an aromatic ring is 1. The number of carbonyl (C=O) groups excluding carboxylic acids is 2. The molecule has 3 aliphatic rings. The van der Waals surface area contributed by atoms with Crippen LogP contribution in [0.15, 0.2) is 106 Å². The van der Waals surface area contributed by atoms with Gasteiger partial charge in [0.2, 0.25) is 0 Å². The van der Waals surface area contributed by atoms with Crippen molar-refractivity contribution in [2.75, 3.05) is 17.7 Å². The predicted octanol–water partition coefficient (Wildman–Crippen LogP) is 4.25. The zero-order valence-corrected chi connectivity index (χ0v) is 17.9. The molecule has 33 heavy (non-hydrogen) atoms. The summed E-state index contributed by atoms with van der Waals surface area (Å²) in [7, 11) is 1.57. The molecule has 0 radical (unpaired) electrons. The van der Waals surface area contributed by atoms with Gasteiger partial charge in [-0.3, -0.25) is 4.79 Å². The maximum atomic E-state index is 13.4. The van der Waals surface area contributed by atoms with Crippen LogP contribution >= 0.6 is 0 Å². The summed E-state index contributed by atoms with van der Waals surface area (Å²) in [6.07, 6.45) is 7.41. The Morgan fingerprint density at radius 1 is 1.09 bits per heavy atom. The third-order valence-electron chi connectivity index (χ3n) is 5.70. The Labute approximate surface area is 190 Å². The lowest BCUT2D eigenvalue weighted by molar-refractivity contribution is -0.116. The lowest BCUT2D eigenvalue weighted by atomic mass is 9.95. The third-order valence-corrected chi connectivity index (χ3v) is 5.70. The standard InChI is InChI=1S/C25H21N5O3/c1-33-18-12-10-17(11-13-18)30(25(32)27-14-15-6-8-16(26)9-7-15)24-21-22(28-29-24)19-4-2-3-5-20(19)23(21)31/h2-13,20H,14,26H2,1H3,(H,27,32). The summed E-state index contributed by atoms with van der Waals surface area (Å²) in [6, 6.07) is 13.8. The van der Waals surface area contributed by atoms with Crippen LogP contribution in [0.5, 0.6) is 5.75 Å². The number of rotatable bonds is 5. The molecule has 2 aromatic rings. The number of methoxy groups -OCH3 is 1. The van der Waals surface area contributed by atoms with Crippen molar-refractivity contribution in [3.63, 3.8) is 0 Å². The SMILES string of the molecule is COc1ccc(N(C(=O)NCc2ccc(N)cc2)C2=C3C(=O)C4C=CC=CC4=C3N=N2)cc1. The fraction of sp³-hybridized carbons (Fsp3) is 0.120. The van der Waals surface area contributed by atoms with Gasteiger partial charge in [0.1, 0.15) is 11.4 Å². The summed E-state index contributed by atoms with van der Waals surface area (Å²) < 4.78 is 5.24. The molecule has 0 bridgehead atoms. The highest BCUT2D eigenvalue weighted by molar-refractivity contribution is 6.11. The predicted molar refractivity (Wildman–Crippen MR) is 124 cm³/mol. The lowest BCUT2D eigenvalue weighted by Gasteiger charge is -2.23. The molecule has 2 amide bonds. The van der Waals surface area contributed by atoms with Crippen molar-refractivity contribution in [2.24, 2.45) is 16.1 Å². The van der Waals surface area contributed by atoms with E-state index in [4.69, 9.17) is 10.5 Å². The molecule has 3 N–H and O–H groups in total. The molecule has 8 nitrogen and oxygen atoms in total. The van der Waals surface area contributed by atoms with Crippen LogP contribution in [-0.2, 0) is 11.3 Å². The molecule has 0 saturated carbocycles. The lowest BCUT2D eigenvalue weighted by Crippen LogP contribution is -2.39. The molecule has 2 aromatic carbocycles. The molecular weight excluding hydrogens is 418 g/mol. The topological polar surface area (TPSA) is 109 Å². The fourth-order valence-corrected chi connectivity index (χ4v) is 4.00. The third kappa shape index (κ3) is 3.61. The Bertz CT molecular complexity index is 1280. The number of hydrogen-bond acceptors (Lipinski definition) is 6. The van der Waals surface area contributed by atoms with Gasteiger partial charge in [-0.2, -0.15) is 0 Å². The van der Waals surface area contributed by atoms with Crippen LogP contribution in [0.4, 0.5) is 16.2 Å². The maximum Gasteiger partial charge on any atom is 0.328 e. The number of anilines is 2. The van der Waals surface area contributed by atoms with Crippen molar-refractivity contribution in [1.82, 2.24) is 5.32 Å². The van der Waals surface area contributed by atoms with Crippen LogP contribution < -0.4 is 20.7 Å². The molecule has 1 unspecified atom stereocenters. The first kappa shape index (κ1) is 20.4. The van der Waals surface area contributed by atoms with E-state index in [0.717, 1.165) is 11.1 Å². The number of Topliss-reactive ketones (excluding diaryl/α,β-unsaturated/α-hetero) is 1. The van der Waals surface area contributed by atoms with E-state index in [2.05, 4.69) is 15.5 Å². The van der Waals surface area contributed by atoms with Crippen LogP contribution in [-0.4, -0.2) is 18.9 Å². The summed E-state index contributed by atoms with van der Waals surface area (Å²) >= 11 is 0. The summed E-state index contributed by atoms with van der Waals surface area (Å²) in [5.74, 6) is 0.335. The number of nitrogens with two attached hydrogens (primary N) is 1. The Morgan fingerprint density at radius 2 is 1.85 bits per heavy atom. The molecule has 1 atom stereocenters. The Balaban J connectivity index is 1.52. The van der Waals surface area contributed by atoms with Crippen LogP contribution in [0.3, 0.4) is 0 Å². The molecular formula is C25H21N5O3. The number of azo groups is 1. The van der Waals surface area contributed by atoms with E-state index >= 15 is 0 Å². The summed E-state index contributed by atoms with van der Waals surface area (Å²) in [5, 5.41) is 11.4. The monoisotopic (exact) mass is 439 g/mol. The van der Waals surface area contributed by atoms with Crippen molar-refractivity contribution in [3.05, 3.63) is 101 Å². The maximum absolute atomic E-state index is 13.4. The molecule has 0 spiro atoms. The summed E-state index contributed by atoms with van der Waals surface area (Å²) in [5.41, 5.74) is 9.48. The normalized spacial score (nSPS) is 18.0. The molecule has 5 rings (SSSR count). The number of ketones is 1. The molecule has 0 fully saturated rings. The minimum absolute atomic E-state index is 0.120. The molecule has 0 saturated heterocycles. The Morgan fingerprint density at radius 3 is 2.58 bits per heavy atom.